The Bertz CT molecular complexity index is 637. The van der Waals surface area contributed by atoms with Crippen molar-refractivity contribution in [2.45, 2.75) is 25.3 Å². The monoisotopic (exact) mass is 303 g/mol. The number of carbonyl (C=O) groups is 1. The number of likely N-dealkylation sites (tertiary alicyclic amines) is 1. The van der Waals surface area contributed by atoms with Crippen LogP contribution in [0.5, 0.6) is 0 Å². The molecular formula is C16H21N3OS. The molecule has 4 nitrogen and oxygen atoms in total. The number of benzene rings is 1. The quantitative estimate of drug-likeness (QED) is 0.856. The second kappa shape index (κ2) is 6.12. The van der Waals surface area contributed by atoms with Gasteiger partial charge in [0.1, 0.15) is 0 Å². The molecule has 2 heterocycles. The molecule has 5 heteroatoms. The van der Waals surface area contributed by atoms with Gasteiger partial charge < -0.3 is 9.80 Å². The first-order valence-electron chi connectivity index (χ1n) is 7.44. The van der Waals surface area contributed by atoms with Crippen molar-refractivity contribution >= 4 is 27.5 Å². The van der Waals surface area contributed by atoms with Crippen molar-refractivity contribution in [3.05, 3.63) is 29.3 Å². The molecule has 1 atom stereocenters. The van der Waals surface area contributed by atoms with E-state index < -0.39 is 0 Å². The fourth-order valence-electron chi connectivity index (χ4n) is 2.97. The van der Waals surface area contributed by atoms with Gasteiger partial charge in [0.25, 0.3) is 5.91 Å². The lowest BCUT2D eigenvalue weighted by molar-refractivity contribution is 0.0759. The van der Waals surface area contributed by atoms with Crippen LogP contribution in [0.15, 0.2) is 23.7 Å². The van der Waals surface area contributed by atoms with Crippen LogP contribution in [0.25, 0.3) is 10.2 Å². The molecule has 3 rings (SSSR count). The maximum Gasteiger partial charge on any atom is 0.253 e. The number of rotatable bonds is 2. The molecule has 0 N–H and O–H groups in total. The molecule has 21 heavy (non-hydrogen) atoms. The van der Waals surface area contributed by atoms with Crippen LogP contribution in [-0.2, 0) is 0 Å². The van der Waals surface area contributed by atoms with Gasteiger partial charge >= 0.3 is 0 Å². The number of hydrogen-bond acceptors (Lipinski definition) is 4. The topological polar surface area (TPSA) is 36.4 Å². The summed E-state index contributed by atoms with van der Waals surface area (Å²) < 4.78 is 1.09. The van der Waals surface area contributed by atoms with Gasteiger partial charge in [-0.1, -0.05) is 0 Å². The zero-order valence-corrected chi connectivity index (χ0v) is 13.4. The minimum atomic E-state index is 0.157. The van der Waals surface area contributed by atoms with Crippen molar-refractivity contribution in [2.24, 2.45) is 0 Å². The second-order valence-electron chi connectivity index (χ2n) is 5.88. The van der Waals surface area contributed by atoms with Crippen LogP contribution < -0.4 is 0 Å². The number of aromatic nitrogens is 1. The number of hydrogen-bond donors (Lipinski definition) is 0. The summed E-state index contributed by atoms with van der Waals surface area (Å²) in [5.41, 5.74) is 3.59. The van der Waals surface area contributed by atoms with Crippen LogP contribution in [-0.4, -0.2) is 53.9 Å². The first-order chi connectivity index (χ1) is 10.1. The Labute approximate surface area is 129 Å². The first kappa shape index (κ1) is 14.5. The Morgan fingerprint density at radius 3 is 3.00 bits per heavy atom. The molecule has 0 bridgehead atoms. The van der Waals surface area contributed by atoms with Crippen molar-refractivity contribution in [1.82, 2.24) is 14.8 Å². The van der Waals surface area contributed by atoms with Gasteiger partial charge in [-0.05, 0) is 51.6 Å². The molecule has 0 spiro atoms. The van der Waals surface area contributed by atoms with Crippen LogP contribution in [0.1, 0.15) is 29.6 Å². The molecule has 0 saturated carbocycles. The minimum Gasteiger partial charge on any atom is -0.339 e. The third kappa shape index (κ3) is 3.09. The molecule has 1 fully saturated rings. The molecule has 0 unspecified atom stereocenters. The van der Waals surface area contributed by atoms with Crippen molar-refractivity contribution in [1.29, 1.82) is 0 Å². The van der Waals surface area contributed by atoms with Gasteiger partial charge in [0, 0.05) is 24.7 Å². The molecule has 1 aliphatic heterocycles. The van der Waals surface area contributed by atoms with E-state index in [0.717, 1.165) is 41.7 Å². The van der Waals surface area contributed by atoms with Crippen LogP contribution in [0.3, 0.4) is 0 Å². The summed E-state index contributed by atoms with van der Waals surface area (Å²) in [4.78, 5) is 21.2. The van der Waals surface area contributed by atoms with E-state index >= 15 is 0 Å². The highest BCUT2D eigenvalue weighted by atomic mass is 32.1. The van der Waals surface area contributed by atoms with Crippen LogP contribution in [0.4, 0.5) is 0 Å². The Morgan fingerprint density at radius 2 is 2.19 bits per heavy atom. The molecule has 1 amide bonds. The summed E-state index contributed by atoms with van der Waals surface area (Å²) in [5, 5.41) is 0. The van der Waals surface area contributed by atoms with E-state index in [2.05, 4.69) is 24.0 Å². The fourth-order valence-corrected chi connectivity index (χ4v) is 3.69. The van der Waals surface area contributed by atoms with Gasteiger partial charge in [-0.15, -0.1) is 11.3 Å². The van der Waals surface area contributed by atoms with Crippen molar-refractivity contribution in [2.75, 3.05) is 27.2 Å². The normalized spacial score (nSPS) is 20.0. The summed E-state index contributed by atoms with van der Waals surface area (Å²) in [5.74, 6) is 0.157. The highest BCUT2D eigenvalue weighted by Gasteiger charge is 2.22. The van der Waals surface area contributed by atoms with Crippen LogP contribution in [0.2, 0.25) is 0 Å². The number of thiazole rings is 1. The molecular weight excluding hydrogens is 282 g/mol. The smallest absolute Gasteiger partial charge is 0.253 e. The summed E-state index contributed by atoms with van der Waals surface area (Å²) in [6.07, 6.45) is 3.31. The molecule has 0 aliphatic carbocycles. The van der Waals surface area contributed by atoms with Crippen molar-refractivity contribution in [3.8, 4) is 0 Å². The number of nitrogens with zero attached hydrogens (tertiary/aromatic N) is 3. The molecule has 1 aromatic heterocycles. The van der Waals surface area contributed by atoms with Gasteiger partial charge in [0.05, 0.1) is 15.7 Å². The van der Waals surface area contributed by atoms with E-state index in [9.17, 15) is 4.79 Å². The SMILES string of the molecule is CN(C)[C@@H]1CCCN(C(=O)c2ccc3ncsc3c2)CC1. The summed E-state index contributed by atoms with van der Waals surface area (Å²) in [6.45, 7) is 1.71. The zero-order valence-electron chi connectivity index (χ0n) is 12.6. The Balaban J connectivity index is 1.75. The lowest BCUT2D eigenvalue weighted by Gasteiger charge is -2.23. The zero-order chi connectivity index (χ0) is 14.8. The maximum absolute atomic E-state index is 12.7. The van der Waals surface area contributed by atoms with Crippen LogP contribution in [0, 0.1) is 0 Å². The molecule has 112 valence electrons. The van der Waals surface area contributed by atoms with Gasteiger partial charge in [0.15, 0.2) is 0 Å². The minimum absolute atomic E-state index is 0.157. The Morgan fingerprint density at radius 1 is 1.33 bits per heavy atom. The molecule has 0 radical (unpaired) electrons. The van der Waals surface area contributed by atoms with E-state index in [0.29, 0.717) is 6.04 Å². The number of fused-ring (bicyclic) bond motifs is 1. The predicted molar refractivity (Wildman–Crippen MR) is 86.8 cm³/mol. The Kier molecular flexibility index (Phi) is 4.22. The van der Waals surface area contributed by atoms with Gasteiger partial charge in [-0.3, -0.25) is 4.79 Å². The lowest BCUT2D eigenvalue weighted by Crippen LogP contribution is -2.33. The number of amides is 1. The first-order valence-corrected chi connectivity index (χ1v) is 8.32. The largest absolute Gasteiger partial charge is 0.339 e. The highest BCUT2D eigenvalue weighted by Crippen LogP contribution is 2.21. The summed E-state index contributed by atoms with van der Waals surface area (Å²) in [7, 11) is 4.25. The molecule has 1 aromatic carbocycles. The predicted octanol–water partition coefficient (Wildman–Crippen LogP) is 2.85. The van der Waals surface area contributed by atoms with Gasteiger partial charge in [-0.25, -0.2) is 4.98 Å². The third-order valence-corrected chi connectivity index (χ3v) is 5.09. The second-order valence-corrected chi connectivity index (χ2v) is 6.76. The summed E-state index contributed by atoms with van der Waals surface area (Å²) in [6, 6.07) is 6.41. The van der Waals surface area contributed by atoms with E-state index in [-0.39, 0.29) is 5.91 Å². The van der Waals surface area contributed by atoms with E-state index in [1.807, 2.05) is 28.6 Å². The average Bonchev–Trinajstić information content (AvgIpc) is 2.80. The number of carbonyl (C=O) groups excluding carboxylic acids is 1. The highest BCUT2D eigenvalue weighted by molar-refractivity contribution is 7.16. The third-order valence-electron chi connectivity index (χ3n) is 4.29. The van der Waals surface area contributed by atoms with Gasteiger partial charge in [-0.2, -0.15) is 0 Å². The van der Waals surface area contributed by atoms with Crippen molar-refractivity contribution < 1.29 is 4.79 Å². The molecule has 2 aromatic rings. The standard InChI is InChI=1S/C16H21N3OS/c1-18(2)13-4-3-8-19(9-7-13)16(20)12-5-6-14-15(10-12)21-11-17-14/h5-6,10-11,13H,3-4,7-9H2,1-2H3/t13-/m1/s1. The Hall–Kier alpha value is -1.46. The van der Waals surface area contributed by atoms with E-state index in [1.165, 1.54) is 6.42 Å². The molecule has 1 saturated heterocycles. The maximum atomic E-state index is 12.7. The van der Waals surface area contributed by atoms with Crippen LogP contribution >= 0.6 is 11.3 Å². The van der Waals surface area contributed by atoms with Gasteiger partial charge in [0.2, 0.25) is 0 Å². The van der Waals surface area contributed by atoms with E-state index in [4.69, 9.17) is 0 Å². The van der Waals surface area contributed by atoms with Crippen molar-refractivity contribution in [3.63, 3.8) is 0 Å². The van der Waals surface area contributed by atoms with E-state index in [1.54, 1.807) is 11.3 Å². The molecule has 1 aliphatic rings. The lowest BCUT2D eigenvalue weighted by atomic mass is 10.1. The average molecular weight is 303 g/mol. The fraction of sp³-hybridized carbons (Fsp3) is 0.500. The summed E-state index contributed by atoms with van der Waals surface area (Å²) >= 11 is 1.59.